The molecular weight excluding hydrogens is 327 g/mol. The smallest absolute Gasteiger partial charge is 0.256 e. The number of hydrogen-bond acceptors (Lipinski definition) is 2. The van der Waals surface area contributed by atoms with Crippen molar-refractivity contribution in [2.24, 2.45) is 0 Å². The van der Waals surface area contributed by atoms with E-state index in [2.05, 4.69) is 21.2 Å². The van der Waals surface area contributed by atoms with Gasteiger partial charge >= 0.3 is 0 Å². The van der Waals surface area contributed by atoms with Gasteiger partial charge in [-0.1, -0.05) is 6.07 Å². The molecule has 0 bridgehead atoms. The first-order chi connectivity index (χ1) is 9.52. The molecular formula is C14H12BrFN2O2. The molecule has 1 aromatic heterocycles. The van der Waals surface area contributed by atoms with Crippen molar-refractivity contribution >= 4 is 27.5 Å². The van der Waals surface area contributed by atoms with Crippen molar-refractivity contribution in [3.63, 3.8) is 0 Å². The summed E-state index contributed by atoms with van der Waals surface area (Å²) >= 11 is 3.04. The first-order valence-electron chi connectivity index (χ1n) is 5.98. The standard InChI is InChI=1S/C14H12BrFN2O2/c1-2-18-8-9(6-7-12(18)19)17-14(20)10-4-3-5-11(16)13(10)15/h3-8H,2H2,1H3,(H,17,20). The lowest BCUT2D eigenvalue weighted by Gasteiger charge is -2.09. The highest BCUT2D eigenvalue weighted by Crippen LogP contribution is 2.21. The maximum atomic E-state index is 13.4. The van der Waals surface area contributed by atoms with Gasteiger partial charge in [0.1, 0.15) is 5.82 Å². The van der Waals surface area contributed by atoms with Crippen LogP contribution in [0, 0.1) is 5.82 Å². The number of hydrogen-bond donors (Lipinski definition) is 1. The first kappa shape index (κ1) is 14.5. The molecule has 2 aromatic rings. The monoisotopic (exact) mass is 338 g/mol. The maximum Gasteiger partial charge on any atom is 0.256 e. The molecule has 0 aliphatic rings. The lowest BCUT2D eigenvalue weighted by molar-refractivity contribution is 0.102. The molecule has 0 radical (unpaired) electrons. The van der Waals surface area contributed by atoms with Gasteiger partial charge in [-0.25, -0.2) is 4.39 Å². The Bertz CT molecular complexity index is 713. The highest BCUT2D eigenvalue weighted by Gasteiger charge is 2.13. The van der Waals surface area contributed by atoms with E-state index in [9.17, 15) is 14.0 Å². The molecule has 104 valence electrons. The van der Waals surface area contributed by atoms with Crippen LogP contribution in [-0.4, -0.2) is 10.5 Å². The first-order valence-corrected chi connectivity index (χ1v) is 6.78. The summed E-state index contributed by atoms with van der Waals surface area (Å²) in [5.74, 6) is -0.950. The second-order valence-corrected chi connectivity index (χ2v) is 4.89. The van der Waals surface area contributed by atoms with Crippen LogP contribution in [0.2, 0.25) is 0 Å². The van der Waals surface area contributed by atoms with Gasteiger partial charge in [-0.05, 0) is 41.1 Å². The molecule has 0 unspecified atom stereocenters. The molecule has 1 amide bonds. The summed E-state index contributed by atoms with van der Waals surface area (Å²) in [5.41, 5.74) is 0.532. The third kappa shape index (κ3) is 2.96. The van der Waals surface area contributed by atoms with Crippen molar-refractivity contribution in [2.75, 3.05) is 5.32 Å². The van der Waals surface area contributed by atoms with Crippen LogP contribution in [0.15, 0.2) is 45.8 Å². The number of rotatable bonds is 3. The van der Waals surface area contributed by atoms with Crippen molar-refractivity contribution in [1.29, 1.82) is 0 Å². The van der Waals surface area contributed by atoms with Gasteiger partial charge in [-0.2, -0.15) is 0 Å². The van der Waals surface area contributed by atoms with Crippen LogP contribution in [0.25, 0.3) is 0 Å². The molecule has 2 rings (SSSR count). The van der Waals surface area contributed by atoms with E-state index < -0.39 is 11.7 Å². The minimum Gasteiger partial charge on any atom is -0.321 e. The Kier molecular flexibility index (Phi) is 4.34. The van der Waals surface area contributed by atoms with E-state index in [0.717, 1.165) is 0 Å². The van der Waals surface area contributed by atoms with Crippen molar-refractivity contribution in [3.8, 4) is 0 Å². The van der Waals surface area contributed by atoms with Crippen LogP contribution in [0.1, 0.15) is 17.3 Å². The van der Waals surface area contributed by atoms with Crippen LogP contribution in [-0.2, 0) is 6.54 Å². The number of nitrogens with zero attached hydrogens (tertiary/aromatic N) is 1. The van der Waals surface area contributed by atoms with Gasteiger partial charge in [0.15, 0.2) is 0 Å². The Morgan fingerprint density at radius 1 is 1.35 bits per heavy atom. The molecule has 0 fully saturated rings. The molecule has 1 N–H and O–H groups in total. The van der Waals surface area contributed by atoms with E-state index >= 15 is 0 Å². The summed E-state index contributed by atoms with van der Waals surface area (Å²) in [4.78, 5) is 23.5. The molecule has 0 spiro atoms. The lowest BCUT2D eigenvalue weighted by atomic mass is 10.2. The summed E-state index contributed by atoms with van der Waals surface area (Å²) in [5, 5.41) is 2.63. The zero-order valence-electron chi connectivity index (χ0n) is 10.7. The van der Waals surface area contributed by atoms with Crippen LogP contribution in [0.5, 0.6) is 0 Å². The Morgan fingerprint density at radius 3 is 2.80 bits per heavy atom. The normalized spacial score (nSPS) is 10.3. The summed E-state index contributed by atoms with van der Waals surface area (Å²) in [6.45, 7) is 2.34. The highest BCUT2D eigenvalue weighted by atomic mass is 79.9. The second kappa shape index (κ2) is 6.00. The van der Waals surface area contributed by atoms with E-state index in [4.69, 9.17) is 0 Å². The van der Waals surface area contributed by atoms with Crippen molar-refractivity contribution < 1.29 is 9.18 Å². The van der Waals surface area contributed by atoms with E-state index in [-0.39, 0.29) is 15.6 Å². The topological polar surface area (TPSA) is 51.1 Å². The number of carbonyl (C=O) groups excluding carboxylic acids is 1. The van der Waals surface area contributed by atoms with E-state index in [1.807, 2.05) is 6.92 Å². The zero-order chi connectivity index (χ0) is 14.7. The lowest BCUT2D eigenvalue weighted by Crippen LogP contribution is -2.20. The van der Waals surface area contributed by atoms with Gasteiger partial charge in [0.2, 0.25) is 0 Å². The van der Waals surface area contributed by atoms with Crippen LogP contribution < -0.4 is 10.9 Å². The Balaban J connectivity index is 2.28. The third-order valence-electron chi connectivity index (χ3n) is 2.78. The maximum absolute atomic E-state index is 13.4. The Labute approximate surface area is 123 Å². The van der Waals surface area contributed by atoms with E-state index in [1.54, 1.807) is 6.20 Å². The fourth-order valence-electron chi connectivity index (χ4n) is 1.73. The number of amides is 1. The largest absolute Gasteiger partial charge is 0.321 e. The molecule has 1 aromatic carbocycles. The number of anilines is 1. The minimum atomic E-state index is -0.504. The molecule has 0 atom stereocenters. The summed E-state index contributed by atoms with van der Waals surface area (Å²) in [7, 11) is 0. The highest BCUT2D eigenvalue weighted by molar-refractivity contribution is 9.10. The molecule has 0 saturated heterocycles. The predicted molar refractivity (Wildman–Crippen MR) is 78.4 cm³/mol. The number of nitrogens with one attached hydrogen (secondary N) is 1. The summed E-state index contributed by atoms with van der Waals surface area (Å²) in [6, 6.07) is 7.12. The van der Waals surface area contributed by atoms with Crippen molar-refractivity contribution in [1.82, 2.24) is 4.57 Å². The number of halogens is 2. The van der Waals surface area contributed by atoms with Crippen LogP contribution in [0.3, 0.4) is 0 Å². The van der Waals surface area contributed by atoms with E-state index in [1.165, 1.54) is 34.9 Å². The fourth-order valence-corrected chi connectivity index (χ4v) is 2.17. The van der Waals surface area contributed by atoms with Gasteiger partial charge in [0, 0.05) is 18.8 Å². The molecule has 0 saturated carbocycles. The quantitative estimate of drug-likeness (QED) is 0.935. The number of pyridine rings is 1. The number of aromatic nitrogens is 1. The SMILES string of the molecule is CCn1cc(NC(=O)c2cccc(F)c2Br)ccc1=O. The average molecular weight is 339 g/mol. The van der Waals surface area contributed by atoms with Crippen molar-refractivity contribution in [3.05, 3.63) is 62.7 Å². The molecule has 4 nitrogen and oxygen atoms in total. The van der Waals surface area contributed by atoms with Gasteiger partial charge in [-0.3, -0.25) is 9.59 Å². The molecule has 20 heavy (non-hydrogen) atoms. The summed E-state index contributed by atoms with van der Waals surface area (Å²) < 4.78 is 15.0. The van der Waals surface area contributed by atoms with E-state index in [0.29, 0.717) is 12.2 Å². The predicted octanol–water partition coefficient (Wildman–Crippen LogP) is 3.02. The number of aryl methyl sites for hydroxylation is 1. The van der Waals surface area contributed by atoms with Gasteiger partial charge < -0.3 is 9.88 Å². The Morgan fingerprint density at radius 2 is 2.10 bits per heavy atom. The summed E-state index contributed by atoms with van der Waals surface area (Å²) in [6.07, 6.45) is 1.55. The molecule has 1 heterocycles. The number of benzene rings is 1. The van der Waals surface area contributed by atoms with Gasteiger partial charge in [0.25, 0.3) is 11.5 Å². The Hall–Kier alpha value is -1.95. The molecule has 0 aliphatic carbocycles. The zero-order valence-corrected chi connectivity index (χ0v) is 12.3. The second-order valence-electron chi connectivity index (χ2n) is 4.10. The molecule has 6 heteroatoms. The van der Waals surface area contributed by atoms with Gasteiger partial charge in [-0.15, -0.1) is 0 Å². The molecule has 0 aliphatic heterocycles. The van der Waals surface area contributed by atoms with Gasteiger partial charge in [0.05, 0.1) is 15.7 Å². The fraction of sp³-hybridized carbons (Fsp3) is 0.143. The average Bonchev–Trinajstić information content (AvgIpc) is 2.43. The van der Waals surface area contributed by atoms with Crippen LogP contribution >= 0.6 is 15.9 Å². The van der Waals surface area contributed by atoms with Crippen LogP contribution in [0.4, 0.5) is 10.1 Å². The van der Waals surface area contributed by atoms with Crippen molar-refractivity contribution in [2.45, 2.75) is 13.5 Å². The minimum absolute atomic E-state index is 0.112. The third-order valence-corrected chi connectivity index (χ3v) is 3.58. The number of carbonyl (C=O) groups is 1.